The van der Waals surface area contributed by atoms with E-state index in [9.17, 15) is 9.59 Å². The number of halogens is 1. The largest absolute Gasteiger partial charge is 0.495 e. The lowest BCUT2D eigenvalue weighted by atomic mass is 10.2. The summed E-state index contributed by atoms with van der Waals surface area (Å²) < 4.78 is 5.23. The monoisotopic (exact) mass is 368 g/mol. The molecule has 2 rings (SSSR count). The van der Waals surface area contributed by atoms with Gasteiger partial charge in [-0.15, -0.1) is 0 Å². The van der Waals surface area contributed by atoms with E-state index >= 15 is 0 Å². The second-order valence-electron chi connectivity index (χ2n) is 5.90. The molecule has 8 heteroatoms. The molecular weight excluding hydrogens is 344 g/mol. The van der Waals surface area contributed by atoms with E-state index in [1.54, 1.807) is 25.3 Å². The lowest BCUT2D eigenvalue weighted by molar-refractivity contribution is -0.123. The van der Waals surface area contributed by atoms with Gasteiger partial charge in [0.1, 0.15) is 5.75 Å². The molecule has 2 N–H and O–H groups in total. The first kappa shape index (κ1) is 19.5. The van der Waals surface area contributed by atoms with Crippen LogP contribution in [0, 0.1) is 0 Å². The SMILES string of the molecule is CCNC(=O)CN1CCN(CC(=O)Nc2cc(Cl)ccc2OC)CC1. The van der Waals surface area contributed by atoms with Crippen LogP contribution in [0.25, 0.3) is 0 Å². The molecule has 1 saturated heterocycles. The van der Waals surface area contributed by atoms with E-state index in [0.717, 1.165) is 26.2 Å². The van der Waals surface area contributed by atoms with Crippen LogP contribution < -0.4 is 15.4 Å². The first-order valence-corrected chi connectivity index (χ1v) is 8.74. The second-order valence-corrected chi connectivity index (χ2v) is 6.34. The molecule has 7 nitrogen and oxygen atoms in total. The van der Waals surface area contributed by atoms with Gasteiger partial charge in [0.25, 0.3) is 0 Å². The smallest absolute Gasteiger partial charge is 0.238 e. The number of carbonyl (C=O) groups is 2. The number of anilines is 1. The van der Waals surface area contributed by atoms with Crippen molar-refractivity contribution in [2.24, 2.45) is 0 Å². The normalized spacial score (nSPS) is 15.6. The van der Waals surface area contributed by atoms with Crippen molar-refractivity contribution in [1.29, 1.82) is 0 Å². The molecule has 0 aliphatic carbocycles. The third-order valence-corrected chi connectivity index (χ3v) is 4.24. The van der Waals surface area contributed by atoms with Gasteiger partial charge in [-0.1, -0.05) is 11.6 Å². The molecule has 25 heavy (non-hydrogen) atoms. The Bertz CT molecular complexity index is 604. The molecule has 0 radical (unpaired) electrons. The van der Waals surface area contributed by atoms with Crippen molar-refractivity contribution in [3.8, 4) is 5.75 Å². The molecule has 0 saturated carbocycles. The van der Waals surface area contributed by atoms with Crippen molar-refractivity contribution in [1.82, 2.24) is 15.1 Å². The van der Waals surface area contributed by atoms with Gasteiger partial charge < -0.3 is 15.4 Å². The summed E-state index contributed by atoms with van der Waals surface area (Å²) in [6.45, 7) is 6.29. The van der Waals surface area contributed by atoms with Crippen molar-refractivity contribution in [2.45, 2.75) is 6.92 Å². The Labute approximate surface area is 153 Å². The minimum absolute atomic E-state index is 0.0433. The molecule has 138 valence electrons. The predicted octanol–water partition coefficient (Wildman–Crippen LogP) is 1.04. The molecule has 1 aromatic carbocycles. The Hall–Kier alpha value is -1.83. The maximum Gasteiger partial charge on any atom is 0.238 e. The molecule has 1 aliphatic rings. The highest BCUT2D eigenvalue weighted by molar-refractivity contribution is 6.31. The van der Waals surface area contributed by atoms with E-state index in [1.165, 1.54) is 0 Å². The number of piperazine rings is 1. The Kier molecular flexibility index (Phi) is 7.49. The van der Waals surface area contributed by atoms with Crippen molar-refractivity contribution < 1.29 is 14.3 Å². The van der Waals surface area contributed by atoms with E-state index in [2.05, 4.69) is 20.4 Å². The number of nitrogens with zero attached hydrogens (tertiary/aromatic N) is 2. The summed E-state index contributed by atoms with van der Waals surface area (Å²) in [5.74, 6) is 0.504. The lowest BCUT2D eigenvalue weighted by Gasteiger charge is -2.33. The van der Waals surface area contributed by atoms with Crippen LogP contribution in [0.4, 0.5) is 5.69 Å². The molecular formula is C17H25ClN4O3. The van der Waals surface area contributed by atoms with Crippen molar-refractivity contribution in [3.63, 3.8) is 0 Å². The number of rotatable bonds is 7. The summed E-state index contributed by atoms with van der Waals surface area (Å²) in [5, 5.41) is 6.18. The number of hydrogen-bond acceptors (Lipinski definition) is 5. The van der Waals surface area contributed by atoms with Gasteiger partial charge in [0.05, 0.1) is 25.9 Å². The van der Waals surface area contributed by atoms with Gasteiger partial charge in [-0.2, -0.15) is 0 Å². The first-order valence-electron chi connectivity index (χ1n) is 8.36. The topological polar surface area (TPSA) is 73.9 Å². The van der Waals surface area contributed by atoms with Crippen LogP contribution >= 0.6 is 11.6 Å². The van der Waals surface area contributed by atoms with Gasteiger partial charge in [0.15, 0.2) is 0 Å². The van der Waals surface area contributed by atoms with Gasteiger partial charge >= 0.3 is 0 Å². The molecule has 0 spiro atoms. The molecule has 0 unspecified atom stereocenters. The molecule has 0 atom stereocenters. The van der Waals surface area contributed by atoms with E-state index in [-0.39, 0.29) is 11.8 Å². The van der Waals surface area contributed by atoms with Crippen LogP contribution in [0.5, 0.6) is 5.75 Å². The Morgan fingerprint density at radius 1 is 1.12 bits per heavy atom. The van der Waals surface area contributed by atoms with E-state index in [4.69, 9.17) is 16.3 Å². The van der Waals surface area contributed by atoms with E-state index < -0.39 is 0 Å². The van der Waals surface area contributed by atoms with Crippen LogP contribution in [0.1, 0.15) is 6.92 Å². The fourth-order valence-electron chi connectivity index (χ4n) is 2.73. The molecule has 0 aromatic heterocycles. The zero-order valence-electron chi connectivity index (χ0n) is 14.7. The summed E-state index contributed by atoms with van der Waals surface area (Å²) in [6, 6.07) is 5.10. The van der Waals surface area contributed by atoms with Crippen molar-refractivity contribution >= 4 is 29.1 Å². The minimum atomic E-state index is -0.113. The van der Waals surface area contributed by atoms with Gasteiger partial charge in [-0.3, -0.25) is 19.4 Å². The van der Waals surface area contributed by atoms with E-state index in [0.29, 0.717) is 36.1 Å². The number of likely N-dealkylation sites (N-methyl/N-ethyl adjacent to an activating group) is 1. The number of hydrogen-bond donors (Lipinski definition) is 2. The second kappa shape index (κ2) is 9.60. The van der Waals surface area contributed by atoms with Gasteiger partial charge in [0.2, 0.25) is 11.8 Å². The van der Waals surface area contributed by atoms with Gasteiger partial charge in [-0.25, -0.2) is 0 Å². The zero-order valence-corrected chi connectivity index (χ0v) is 15.4. The summed E-state index contributed by atoms with van der Waals surface area (Å²) >= 11 is 5.97. The highest BCUT2D eigenvalue weighted by Crippen LogP contribution is 2.27. The summed E-state index contributed by atoms with van der Waals surface area (Å²) in [4.78, 5) is 28.1. The number of methoxy groups -OCH3 is 1. The number of amides is 2. The maximum absolute atomic E-state index is 12.3. The molecule has 0 bridgehead atoms. The quantitative estimate of drug-likeness (QED) is 0.752. The number of ether oxygens (including phenoxy) is 1. The van der Waals surface area contributed by atoms with E-state index in [1.807, 2.05) is 6.92 Å². The van der Waals surface area contributed by atoms with Crippen LogP contribution in [0.2, 0.25) is 5.02 Å². The third-order valence-electron chi connectivity index (χ3n) is 4.01. The first-order chi connectivity index (χ1) is 12.0. The number of benzene rings is 1. The summed E-state index contributed by atoms with van der Waals surface area (Å²) in [7, 11) is 1.55. The van der Waals surface area contributed by atoms with Crippen LogP contribution in [-0.4, -0.2) is 74.5 Å². The van der Waals surface area contributed by atoms with Crippen LogP contribution in [0.15, 0.2) is 18.2 Å². The fraction of sp³-hybridized carbons (Fsp3) is 0.529. The van der Waals surface area contributed by atoms with Crippen LogP contribution in [-0.2, 0) is 9.59 Å². The summed E-state index contributed by atoms with van der Waals surface area (Å²) in [6.07, 6.45) is 0. The highest BCUT2D eigenvalue weighted by atomic mass is 35.5. The molecule has 1 heterocycles. The maximum atomic E-state index is 12.3. The highest BCUT2D eigenvalue weighted by Gasteiger charge is 2.20. The Balaban J connectivity index is 1.79. The summed E-state index contributed by atoms with van der Waals surface area (Å²) in [5.41, 5.74) is 0.565. The lowest BCUT2D eigenvalue weighted by Crippen LogP contribution is -2.51. The number of nitrogens with one attached hydrogen (secondary N) is 2. The standard InChI is InChI=1S/C17H25ClN4O3/c1-3-19-16(23)11-21-6-8-22(9-7-21)12-17(24)20-14-10-13(18)4-5-15(14)25-2/h4-5,10H,3,6-9,11-12H2,1-2H3,(H,19,23)(H,20,24). The zero-order chi connectivity index (χ0) is 18.2. The van der Waals surface area contributed by atoms with Gasteiger partial charge in [0, 0.05) is 37.7 Å². The molecule has 1 aliphatic heterocycles. The molecule has 1 aromatic rings. The Morgan fingerprint density at radius 3 is 2.28 bits per heavy atom. The molecule has 2 amide bonds. The average Bonchev–Trinajstić information content (AvgIpc) is 2.57. The van der Waals surface area contributed by atoms with Gasteiger partial charge in [-0.05, 0) is 25.1 Å². The van der Waals surface area contributed by atoms with Crippen molar-refractivity contribution in [3.05, 3.63) is 23.2 Å². The average molecular weight is 369 g/mol. The third kappa shape index (κ3) is 6.19. The van der Waals surface area contributed by atoms with Crippen LogP contribution in [0.3, 0.4) is 0 Å². The molecule has 1 fully saturated rings. The Morgan fingerprint density at radius 2 is 1.72 bits per heavy atom. The predicted molar refractivity (Wildman–Crippen MR) is 98.2 cm³/mol. The van der Waals surface area contributed by atoms with Crippen molar-refractivity contribution in [2.75, 3.05) is 58.2 Å². The fourth-order valence-corrected chi connectivity index (χ4v) is 2.90. The number of carbonyl (C=O) groups excluding carboxylic acids is 2. The minimum Gasteiger partial charge on any atom is -0.495 e.